The van der Waals surface area contributed by atoms with Gasteiger partial charge in [0.1, 0.15) is 0 Å². The molecule has 0 unspecified atom stereocenters. The SMILES string of the molecule is N#Cc1cccc(NC(=O)CN2CCN(S(=O)(=O)N3CCCCCC3)CC2)c1. The lowest BCUT2D eigenvalue weighted by molar-refractivity contribution is -0.117. The number of carbonyl (C=O) groups excluding carboxylic acids is 1. The summed E-state index contributed by atoms with van der Waals surface area (Å²) in [5, 5.41) is 11.7. The quantitative estimate of drug-likeness (QED) is 0.795. The van der Waals surface area contributed by atoms with Gasteiger partial charge in [0.15, 0.2) is 0 Å². The molecule has 1 N–H and O–H groups in total. The molecule has 1 aromatic rings. The average molecular weight is 406 g/mol. The van der Waals surface area contributed by atoms with Gasteiger partial charge in [-0.1, -0.05) is 18.9 Å². The lowest BCUT2D eigenvalue weighted by Crippen LogP contribution is -2.54. The van der Waals surface area contributed by atoms with Gasteiger partial charge in [0.2, 0.25) is 5.91 Å². The number of hydrogen-bond donors (Lipinski definition) is 1. The molecule has 0 aliphatic carbocycles. The monoisotopic (exact) mass is 405 g/mol. The van der Waals surface area contributed by atoms with Gasteiger partial charge < -0.3 is 5.32 Å². The zero-order valence-electron chi connectivity index (χ0n) is 16.0. The first-order valence-corrected chi connectivity index (χ1v) is 11.2. The summed E-state index contributed by atoms with van der Waals surface area (Å²) in [5.41, 5.74) is 1.08. The van der Waals surface area contributed by atoms with Crippen LogP contribution in [0.3, 0.4) is 0 Å². The molecule has 1 amide bonds. The maximum atomic E-state index is 12.9. The normalized spacial score (nSPS) is 20.2. The van der Waals surface area contributed by atoms with Gasteiger partial charge in [-0.25, -0.2) is 0 Å². The Labute approximate surface area is 166 Å². The number of benzene rings is 1. The highest BCUT2D eigenvalue weighted by Gasteiger charge is 2.32. The minimum atomic E-state index is -3.41. The minimum absolute atomic E-state index is 0.168. The fraction of sp³-hybridized carbons (Fsp3) is 0.579. The number of piperazine rings is 1. The molecule has 0 aromatic heterocycles. The number of rotatable bonds is 5. The van der Waals surface area contributed by atoms with Crippen LogP contribution in [0.25, 0.3) is 0 Å². The predicted octanol–water partition coefficient (Wildman–Crippen LogP) is 1.24. The second-order valence-electron chi connectivity index (χ2n) is 7.24. The van der Waals surface area contributed by atoms with Crippen LogP contribution in [0.4, 0.5) is 5.69 Å². The zero-order chi connectivity index (χ0) is 20.0. The molecule has 2 saturated heterocycles. The van der Waals surface area contributed by atoms with Gasteiger partial charge in [0.05, 0.1) is 18.2 Å². The molecule has 2 heterocycles. The molecular weight excluding hydrogens is 378 g/mol. The van der Waals surface area contributed by atoms with Gasteiger partial charge in [0.25, 0.3) is 10.2 Å². The Balaban J connectivity index is 1.49. The lowest BCUT2D eigenvalue weighted by Gasteiger charge is -2.36. The van der Waals surface area contributed by atoms with Crippen molar-refractivity contribution in [2.45, 2.75) is 25.7 Å². The smallest absolute Gasteiger partial charge is 0.282 e. The molecule has 1 aromatic carbocycles. The van der Waals surface area contributed by atoms with Crippen LogP contribution in [0.2, 0.25) is 0 Å². The summed E-state index contributed by atoms with van der Waals surface area (Å²) < 4.78 is 28.9. The molecule has 0 saturated carbocycles. The van der Waals surface area contributed by atoms with E-state index in [0.29, 0.717) is 50.5 Å². The van der Waals surface area contributed by atoms with Crippen molar-refractivity contribution in [3.8, 4) is 6.07 Å². The molecular formula is C19H27N5O3S. The standard InChI is InChI=1S/C19H27N5O3S/c20-15-17-6-5-7-18(14-17)21-19(25)16-22-10-12-24(13-11-22)28(26,27)23-8-3-1-2-4-9-23/h5-7,14H,1-4,8-13,16H2,(H,21,25). The van der Waals surface area contributed by atoms with E-state index in [0.717, 1.165) is 25.7 Å². The van der Waals surface area contributed by atoms with Crippen molar-refractivity contribution in [2.24, 2.45) is 0 Å². The molecule has 2 fully saturated rings. The molecule has 0 bridgehead atoms. The third kappa shape index (κ3) is 5.29. The number of nitrogens with zero attached hydrogens (tertiary/aromatic N) is 4. The second kappa shape index (κ2) is 9.47. The number of amides is 1. The molecule has 0 spiro atoms. The maximum Gasteiger partial charge on any atom is 0.282 e. The summed E-state index contributed by atoms with van der Waals surface area (Å²) in [6, 6.07) is 8.82. The lowest BCUT2D eigenvalue weighted by atomic mass is 10.2. The van der Waals surface area contributed by atoms with Gasteiger partial charge in [-0.3, -0.25) is 9.69 Å². The van der Waals surface area contributed by atoms with E-state index in [-0.39, 0.29) is 12.5 Å². The van der Waals surface area contributed by atoms with Crippen LogP contribution in [0.5, 0.6) is 0 Å². The van der Waals surface area contributed by atoms with E-state index in [2.05, 4.69) is 5.32 Å². The zero-order valence-corrected chi connectivity index (χ0v) is 16.8. The first-order chi connectivity index (χ1) is 13.5. The van der Waals surface area contributed by atoms with Gasteiger partial charge in [-0.05, 0) is 31.0 Å². The fourth-order valence-corrected chi connectivity index (χ4v) is 5.30. The highest BCUT2D eigenvalue weighted by atomic mass is 32.2. The van der Waals surface area contributed by atoms with Crippen LogP contribution in [0.1, 0.15) is 31.2 Å². The van der Waals surface area contributed by atoms with Crippen LogP contribution in [0.15, 0.2) is 24.3 Å². The Morgan fingerprint density at radius 3 is 2.29 bits per heavy atom. The van der Waals surface area contributed by atoms with Gasteiger partial charge >= 0.3 is 0 Å². The fourth-order valence-electron chi connectivity index (χ4n) is 3.62. The van der Waals surface area contributed by atoms with Crippen molar-refractivity contribution in [3.05, 3.63) is 29.8 Å². The molecule has 9 heteroatoms. The van der Waals surface area contributed by atoms with Crippen molar-refractivity contribution in [1.82, 2.24) is 13.5 Å². The van der Waals surface area contributed by atoms with Crippen LogP contribution in [-0.4, -0.2) is 73.6 Å². The molecule has 2 aliphatic rings. The van der Waals surface area contributed by atoms with E-state index in [1.165, 1.54) is 0 Å². The predicted molar refractivity (Wildman–Crippen MR) is 107 cm³/mol. The topological polar surface area (TPSA) is 96.7 Å². The number of nitriles is 1. The second-order valence-corrected chi connectivity index (χ2v) is 9.17. The highest BCUT2D eigenvalue weighted by molar-refractivity contribution is 7.86. The molecule has 152 valence electrons. The van der Waals surface area contributed by atoms with Gasteiger partial charge in [0, 0.05) is 45.0 Å². The van der Waals surface area contributed by atoms with E-state index in [9.17, 15) is 13.2 Å². The summed E-state index contributed by atoms with van der Waals surface area (Å²) in [4.78, 5) is 14.2. The van der Waals surface area contributed by atoms with Crippen LogP contribution in [0, 0.1) is 11.3 Å². The summed E-state index contributed by atoms with van der Waals surface area (Å²) in [5.74, 6) is -0.168. The van der Waals surface area contributed by atoms with Crippen LogP contribution in [-0.2, 0) is 15.0 Å². The minimum Gasteiger partial charge on any atom is -0.325 e. The van der Waals surface area contributed by atoms with E-state index in [4.69, 9.17) is 5.26 Å². The summed E-state index contributed by atoms with van der Waals surface area (Å²) in [6.07, 6.45) is 4.02. The third-order valence-corrected chi connectivity index (χ3v) is 7.23. The number of hydrogen-bond acceptors (Lipinski definition) is 5. The van der Waals surface area contributed by atoms with E-state index < -0.39 is 10.2 Å². The summed E-state index contributed by atoms with van der Waals surface area (Å²) in [6.45, 7) is 3.26. The highest BCUT2D eigenvalue weighted by Crippen LogP contribution is 2.18. The van der Waals surface area contributed by atoms with Gasteiger partial charge in [-0.2, -0.15) is 22.3 Å². The van der Waals surface area contributed by atoms with Crippen molar-refractivity contribution >= 4 is 21.8 Å². The Morgan fingerprint density at radius 2 is 1.64 bits per heavy atom. The molecule has 2 aliphatic heterocycles. The van der Waals surface area contributed by atoms with E-state index in [1.54, 1.807) is 32.9 Å². The van der Waals surface area contributed by atoms with Gasteiger partial charge in [-0.15, -0.1) is 0 Å². The molecule has 28 heavy (non-hydrogen) atoms. The first kappa shape index (κ1) is 20.7. The van der Waals surface area contributed by atoms with E-state index >= 15 is 0 Å². The Morgan fingerprint density at radius 1 is 1.00 bits per heavy atom. The molecule has 0 radical (unpaired) electrons. The van der Waals surface area contributed by atoms with Crippen molar-refractivity contribution in [2.75, 3.05) is 51.1 Å². The average Bonchev–Trinajstić information content (AvgIpc) is 2.98. The number of carbonyl (C=O) groups is 1. The Bertz CT molecular complexity index is 820. The molecule has 8 nitrogen and oxygen atoms in total. The molecule has 0 atom stereocenters. The Kier molecular flexibility index (Phi) is 7.02. The van der Waals surface area contributed by atoms with Crippen molar-refractivity contribution < 1.29 is 13.2 Å². The third-order valence-electron chi connectivity index (χ3n) is 5.19. The largest absolute Gasteiger partial charge is 0.325 e. The van der Waals surface area contributed by atoms with Crippen LogP contribution >= 0.6 is 0 Å². The summed E-state index contributed by atoms with van der Waals surface area (Å²) >= 11 is 0. The van der Waals surface area contributed by atoms with E-state index in [1.807, 2.05) is 11.0 Å². The Hall–Kier alpha value is -1.99. The van der Waals surface area contributed by atoms with Crippen LogP contribution < -0.4 is 5.32 Å². The maximum absolute atomic E-state index is 12.9. The number of nitrogens with one attached hydrogen (secondary N) is 1. The molecule has 3 rings (SSSR count). The first-order valence-electron chi connectivity index (χ1n) is 9.76. The van der Waals surface area contributed by atoms with Crippen molar-refractivity contribution in [1.29, 1.82) is 5.26 Å². The summed E-state index contributed by atoms with van der Waals surface area (Å²) in [7, 11) is -3.41. The van der Waals surface area contributed by atoms with Crippen molar-refractivity contribution in [3.63, 3.8) is 0 Å². The number of anilines is 1.